The summed E-state index contributed by atoms with van der Waals surface area (Å²) in [4.78, 5) is 3.05. The van der Waals surface area contributed by atoms with E-state index < -0.39 is 0 Å². The van der Waals surface area contributed by atoms with E-state index in [1.54, 1.807) is 0 Å². The molecule has 0 aliphatic heterocycles. The summed E-state index contributed by atoms with van der Waals surface area (Å²) in [5, 5.41) is 17.6. The molecule has 1 aromatic rings. The molecule has 0 saturated heterocycles. The molecule has 3 nitrogen and oxygen atoms in total. The number of rotatable bonds is 0. The van der Waals surface area contributed by atoms with Crippen molar-refractivity contribution in [3.63, 3.8) is 0 Å². The van der Waals surface area contributed by atoms with Crippen molar-refractivity contribution in [1.82, 2.24) is 0 Å². The maximum absolute atomic E-state index is 8.84. The van der Waals surface area contributed by atoms with Gasteiger partial charge < -0.3 is 10.2 Å². The molecule has 50 valence electrons. The van der Waals surface area contributed by atoms with Crippen molar-refractivity contribution in [2.45, 2.75) is 0 Å². The van der Waals surface area contributed by atoms with Gasteiger partial charge in [0.2, 0.25) is 0 Å². The van der Waals surface area contributed by atoms with Crippen LogP contribution in [0, 0.1) is 6.57 Å². The first kappa shape index (κ1) is 6.43. The summed E-state index contributed by atoms with van der Waals surface area (Å²) in [7, 11) is 0. The topological polar surface area (TPSA) is 44.8 Å². The molecule has 10 heavy (non-hydrogen) atoms. The van der Waals surface area contributed by atoms with Crippen LogP contribution in [0.1, 0.15) is 0 Å². The molecule has 0 radical (unpaired) electrons. The quantitative estimate of drug-likeness (QED) is 0.419. The number of hydrogen-bond acceptors (Lipinski definition) is 2. The first-order chi connectivity index (χ1) is 4.74. The van der Waals surface area contributed by atoms with Gasteiger partial charge in [0.1, 0.15) is 5.75 Å². The van der Waals surface area contributed by atoms with Crippen molar-refractivity contribution >= 4 is 5.69 Å². The fraction of sp³-hybridized carbons (Fsp3) is 0. The van der Waals surface area contributed by atoms with Crippen molar-refractivity contribution in [2.75, 3.05) is 0 Å². The van der Waals surface area contributed by atoms with Crippen LogP contribution in [-0.2, 0) is 0 Å². The Labute approximate surface area is 58.0 Å². The third-order valence-electron chi connectivity index (χ3n) is 1.09. The van der Waals surface area contributed by atoms with E-state index in [0.717, 1.165) is 0 Å². The van der Waals surface area contributed by atoms with Gasteiger partial charge in [0.15, 0.2) is 11.4 Å². The third kappa shape index (κ3) is 1.00. The molecule has 0 heterocycles. The molecule has 0 amide bonds. The Morgan fingerprint density at radius 1 is 1.20 bits per heavy atom. The zero-order chi connectivity index (χ0) is 7.56. The summed E-state index contributed by atoms with van der Waals surface area (Å²) in [6.45, 7) is 6.54. The van der Waals surface area contributed by atoms with Crippen LogP contribution in [-0.4, -0.2) is 10.2 Å². The van der Waals surface area contributed by atoms with Crippen LogP contribution in [0.3, 0.4) is 0 Å². The number of phenols is 2. The summed E-state index contributed by atoms with van der Waals surface area (Å²) < 4.78 is 0. The fourth-order valence-electron chi connectivity index (χ4n) is 0.581. The molecular weight excluding hydrogens is 130 g/mol. The average molecular weight is 135 g/mol. The van der Waals surface area contributed by atoms with E-state index >= 15 is 0 Å². The van der Waals surface area contributed by atoms with E-state index in [0.29, 0.717) is 5.69 Å². The average Bonchev–Trinajstić information content (AvgIpc) is 1.95. The molecule has 2 N–H and O–H groups in total. The molecule has 0 atom stereocenters. The summed E-state index contributed by atoms with van der Waals surface area (Å²) >= 11 is 0. The van der Waals surface area contributed by atoms with Gasteiger partial charge in [-0.25, -0.2) is 4.85 Å². The molecule has 1 aromatic carbocycles. The molecule has 0 aromatic heterocycles. The number of aromatic hydroxyl groups is 2. The minimum absolute atomic E-state index is 0.201. The van der Waals surface area contributed by atoms with E-state index in [9.17, 15) is 0 Å². The van der Waals surface area contributed by atoms with E-state index in [1.165, 1.54) is 18.2 Å². The summed E-state index contributed by atoms with van der Waals surface area (Å²) in [5.74, 6) is -0.457. The Hall–Kier alpha value is -1.69. The van der Waals surface area contributed by atoms with Crippen LogP contribution < -0.4 is 0 Å². The van der Waals surface area contributed by atoms with E-state index in [4.69, 9.17) is 16.8 Å². The Balaban J connectivity index is 3.20. The highest BCUT2D eigenvalue weighted by atomic mass is 16.3. The number of nitrogens with zero attached hydrogens (tertiary/aromatic N) is 1. The normalized spacial score (nSPS) is 8.70. The van der Waals surface area contributed by atoms with E-state index in [1.807, 2.05) is 0 Å². The lowest BCUT2D eigenvalue weighted by molar-refractivity contribution is 0.404. The molecule has 0 spiro atoms. The van der Waals surface area contributed by atoms with Crippen LogP contribution in [0.25, 0.3) is 4.85 Å². The van der Waals surface area contributed by atoms with Gasteiger partial charge >= 0.3 is 0 Å². The van der Waals surface area contributed by atoms with Crippen LogP contribution in [0.5, 0.6) is 11.5 Å². The highest BCUT2D eigenvalue weighted by Gasteiger charge is 1.97. The second kappa shape index (κ2) is 2.28. The molecule has 1 rings (SSSR count). The highest BCUT2D eigenvalue weighted by Crippen LogP contribution is 2.28. The minimum Gasteiger partial charge on any atom is -0.505 e. The summed E-state index contributed by atoms with van der Waals surface area (Å²) in [6, 6.07) is 3.92. The predicted molar refractivity (Wildman–Crippen MR) is 36.0 cm³/mol. The maximum atomic E-state index is 8.84. The molecule has 3 heteroatoms. The van der Waals surface area contributed by atoms with Gasteiger partial charge in [0.05, 0.1) is 6.57 Å². The zero-order valence-corrected chi connectivity index (χ0v) is 5.07. The molecule has 0 aliphatic rings. The first-order valence-corrected chi connectivity index (χ1v) is 2.63. The van der Waals surface area contributed by atoms with Crippen molar-refractivity contribution < 1.29 is 10.2 Å². The van der Waals surface area contributed by atoms with E-state index in [-0.39, 0.29) is 11.5 Å². The molecule has 0 fully saturated rings. The number of hydrogen-bond donors (Lipinski definition) is 2. The third-order valence-corrected chi connectivity index (χ3v) is 1.09. The lowest BCUT2D eigenvalue weighted by Gasteiger charge is -1.94. The van der Waals surface area contributed by atoms with Crippen molar-refractivity contribution in [3.8, 4) is 11.5 Å². The molecule has 0 bridgehead atoms. The Bertz CT molecular complexity index is 288. The van der Waals surface area contributed by atoms with Crippen LogP contribution >= 0.6 is 0 Å². The fourth-order valence-corrected chi connectivity index (χ4v) is 0.581. The molecule has 0 saturated carbocycles. The predicted octanol–water partition coefficient (Wildman–Crippen LogP) is 1.65. The minimum atomic E-state index is -0.256. The Kier molecular flexibility index (Phi) is 1.46. The zero-order valence-electron chi connectivity index (χ0n) is 5.07. The standard InChI is InChI=1S/C7H5NO2/c1-8-5-2-3-6(9)7(10)4-5/h2-4,9-10H. The van der Waals surface area contributed by atoms with Crippen molar-refractivity contribution in [3.05, 3.63) is 29.6 Å². The number of benzene rings is 1. The molecular formula is C7H5NO2. The van der Waals surface area contributed by atoms with Crippen LogP contribution in [0.2, 0.25) is 0 Å². The summed E-state index contributed by atoms with van der Waals surface area (Å²) in [5.41, 5.74) is 0.315. The van der Waals surface area contributed by atoms with Crippen LogP contribution in [0.15, 0.2) is 18.2 Å². The van der Waals surface area contributed by atoms with Gasteiger partial charge in [-0.1, -0.05) is 6.07 Å². The smallest absolute Gasteiger partial charge is 0.191 e. The van der Waals surface area contributed by atoms with E-state index in [2.05, 4.69) is 4.85 Å². The lowest BCUT2D eigenvalue weighted by Crippen LogP contribution is -1.65. The largest absolute Gasteiger partial charge is 0.505 e. The highest BCUT2D eigenvalue weighted by molar-refractivity contribution is 5.53. The van der Waals surface area contributed by atoms with Gasteiger partial charge in [-0.3, -0.25) is 0 Å². The number of phenolic OH excluding ortho intramolecular Hbond substituents is 2. The van der Waals surface area contributed by atoms with Crippen LogP contribution in [0.4, 0.5) is 5.69 Å². The Morgan fingerprint density at radius 2 is 1.90 bits per heavy atom. The van der Waals surface area contributed by atoms with Gasteiger partial charge in [-0.15, -0.1) is 0 Å². The van der Waals surface area contributed by atoms with Gasteiger partial charge in [0.25, 0.3) is 0 Å². The van der Waals surface area contributed by atoms with Gasteiger partial charge in [-0.2, -0.15) is 0 Å². The lowest BCUT2D eigenvalue weighted by atomic mass is 10.3. The second-order valence-electron chi connectivity index (χ2n) is 1.78. The second-order valence-corrected chi connectivity index (χ2v) is 1.78. The van der Waals surface area contributed by atoms with Crippen molar-refractivity contribution in [1.29, 1.82) is 0 Å². The Morgan fingerprint density at radius 3 is 2.40 bits per heavy atom. The van der Waals surface area contributed by atoms with Gasteiger partial charge in [0, 0.05) is 0 Å². The first-order valence-electron chi connectivity index (χ1n) is 2.63. The van der Waals surface area contributed by atoms with Crippen molar-refractivity contribution in [2.24, 2.45) is 0 Å². The van der Waals surface area contributed by atoms with Gasteiger partial charge in [-0.05, 0) is 12.1 Å². The molecule has 0 aliphatic carbocycles. The molecule has 0 unspecified atom stereocenters. The summed E-state index contributed by atoms with van der Waals surface area (Å²) in [6.07, 6.45) is 0. The maximum Gasteiger partial charge on any atom is 0.191 e. The monoisotopic (exact) mass is 135 g/mol. The SMILES string of the molecule is [C-]#[N+]c1ccc(O)c(O)c1.